The molecule has 1 aliphatic rings. The van der Waals surface area contributed by atoms with Crippen LogP contribution in [0, 0.1) is 20.8 Å². The normalized spacial score (nSPS) is 13.6. The maximum Gasteiger partial charge on any atom is 0.264 e. The number of anilines is 2. The summed E-state index contributed by atoms with van der Waals surface area (Å²) in [4.78, 5) is 13.0. The molecule has 4 rings (SSSR count). The number of fused-ring (bicyclic) bond motifs is 1. The molecule has 1 amide bonds. The highest BCUT2D eigenvalue weighted by molar-refractivity contribution is 7.92. The smallest absolute Gasteiger partial charge is 0.264 e. The number of nitrogens with one attached hydrogen (secondary N) is 1. The highest BCUT2D eigenvalue weighted by Crippen LogP contribution is 2.34. The van der Waals surface area contributed by atoms with Gasteiger partial charge in [0.05, 0.1) is 10.6 Å². The molecular weight excluding hydrogens is 408 g/mol. The molecule has 1 aliphatic heterocycles. The van der Waals surface area contributed by atoms with Gasteiger partial charge in [-0.25, -0.2) is 8.42 Å². The minimum atomic E-state index is -3.68. The van der Waals surface area contributed by atoms with Gasteiger partial charge in [0.2, 0.25) is 0 Å². The van der Waals surface area contributed by atoms with Crippen molar-refractivity contribution in [1.29, 1.82) is 0 Å². The van der Waals surface area contributed by atoms with Crippen molar-refractivity contribution >= 4 is 27.3 Å². The molecule has 31 heavy (non-hydrogen) atoms. The van der Waals surface area contributed by atoms with Gasteiger partial charge in [-0.15, -0.1) is 0 Å². The van der Waals surface area contributed by atoms with E-state index in [0.29, 0.717) is 23.5 Å². The molecule has 0 saturated heterocycles. The van der Waals surface area contributed by atoms with Gasteiger partial charge >= 0.3 is 0 Å². The fourth-order valence-corrected chi connectivity index (χ4v) is 5.55. The summed E-state index contributed by atoms with van der Waals surface area (Å²) in [6, 6.07) is 18.1. The molecule has 0 fully saturated rings. The third-order valence-corrected chi connectivity index (χ3v) is 7.34. The van der Waals surface area contributed by atoms with Gasteiger partial charge in [0.1, 0.15) is 0 Å². The van der Waals surface area contributed by atoms with Crippen LogP contribution in [-0.4, -0.2) is 20.9 Å². The summed E-state index contributed by atoms with van der Waals surface area (Å²) >= 11 is 0. The number of nitrogens with zero attached hydrogens (tertiary/aromatic N) is 1. The first kappa shape index (κ1) is 21.1. The highest BCUT2D eigenvalue weighted by atomic mass is 32.2. The summed E-state index contributed by atoms with van der Waals surface area (Å²) < 4.78 is 28.1. The lowest BCUT2D eigenvalue weighted by Crippen LogP contribution is -2.35. The molecule has 0 radical (unpaired) electrons. The van der Waals surface area contributed by atoms with E-state index in [0.717, 1.165) is 35.1 Å². The van der Waals surface area contributed by atoms with Gasteiger partial charge in [-0.3, -0.25) is 9.10 Å². The molecule has 5 nitrogen and oxygen atoms in total. The van der Waals surface area contributed by atoms with E-state index in [4.69, 9.17) is 0 Å². The van der Waals surface area contributed by atoms with Gasteiger partial charge in [0, 0.05) is 17.8 Å². The van der Waals surface area contributed by atoms with Crippen LogP contribution in [0.25, 0.3) is 0 Å². The zero-order valence-electron chi connectivity index (χ0n) is 18.0. The van der Waals surface area contributed by atoms with Crippen LogP contribution in [0.15, 0.2) is 65.6 Å². The predicted molar refractivity (Wildman–Crippen MR) is 124 cm³/mol. The average Bonchev–Trinajstić information content (AvgIpc) is 2.73. The Morgan fingerprint density at radius 3 is 2.23 bits per heavy atom. The summed E-state index contributed by atoms with van der Waals surface area (Å²) in [5, 5.41) is 2.92. The van der Waals surface area contributed by atoms with E-state index in [1.165, 1.54) is 4.31 Å². The number of rotatable bonds is 4. The number of hydrogen-bond donors (Lipinski definition) is 1. The molecular formula is C25H26N2O3S. The lowest BCUT2D eigenvalue weighted by molar-refractivity contribution is 0.102. The van der Waals surface area contributed by atoms with E-state index in [2.05, 4.69) is 5.32 Å². The van der Waals surface area contributed by atoms with Crippen LogP contribution in [0.2, 0.25) is 0 Å². The Labute approximate surface area is 183 Å². The average molecular weight is 435 g/mol. The van der Waals surface area contributed by atoms with Crippen LogP contribution in [-0.2, 0) is 16.4 Å². The summed E-state index contributed by atoms with van der Waals surface area (Å²) in [6.45, 7) is 6.25. The van der Waals surface area contributed by atoms with E-state index in [9.17, 15) is 13.2 Å². The first-order chi connectivity index (χ1) is 14.7. The van der Waals surface area contributed by atoms with E-state index in [1.807, 2.05) is 51.1 Å². The zero-order valence-corrected chi connectivity index (χ0v) is 18.8. The number of amides is 1. The summed E-state index contributed by atoms with van der Waals surface area (Å²) in [5.41, 5.74) is 5.80. The quantitative estimate of drug-likeness (QED) is 0.628. The van der Waals surface area contributed by atoms with Crippen LogP contribution in [0.4, 0.5) is 11.4 Å². The second kappa shape index (κ2) is 8.19. The Morgan fingerprint density at radius 2 is 1.55 bits per heavy atom. The van der Waals surface area contributed by atoms with E-state index >= 15 is 0 Å². The first-order valence-electron chi connectivity index (χ1n) is 10.4. The minimum Gasteiger partial charge on any atom is -0.322 e. The molecule has 6 heteroatoms. The maximum absolute atomic E-state index is 13.3. The molecule has 0 aliphatic carbocycles. The zero-order chi connectivity index (χ0) is 22.2. The number of carbonyl (C=O) groups excluding carboxylic acids is 1. The molecule has 0 atom stereocenters. The standard InChI is InChI=1S/C25H26N2O3S/c1-17-6-10-23(11-7-17)31(29,30)27-12-4-5-20-8-9-22(16-24(20)27)26-25(28)21-14-18(2)13-19(3)15-21/h6-11,13-16H,4-5,12H2,1-3H3,(H,26,28). The Balaban J connectivity index is 1.66. The van der Waals surface area contributed by atoms with Crippen molar-refractivity contribution in [3.8, 4) is 0 Å². The number of aryl methyl sites for hydroxylation is 4. The molecule has 0 bridgehead atoms. The van der Waals surface area contributed by atoms with Crippen molar-refractivity contribution in [3.63, 3.8) is 0 Å². The van der Waals surface area contributed by atoms with Crippen LogP contribution < -0.4 is 9.62 Å². The fraction of sp³-hybridized carbons (Fsp3) is 0.240. The Bertz CT molecular complexity index is 1230. The molecule has 1 heterocycles. The first-order valence-corrected chi connectivity index (χ1v) is 11.8. The third kappa shape index (κ3) is 4.35. The number of sulfonamides is 1. The Kier molecular flexibility index (Phi) is 5.58. The third-order valence-electron chi connectivity index (χ3n) is 5.51. The maximum atomic E-state index is 13.3. The molecule has 0 aromatic heterocycles. The van der Waals surface area contributed by atoms with Crippen molar-refractivity contribution in [2.45, 2.75) is 38.5 Å². The number of carbonyl (C=O) groups is 1. The predicted octanol–water partition coefficient (Wildman–Crippen LogP) is 5.01. The van der Waals surface area contributed by atoms with Crippen molar-refractivity contribution in [2.24, 2.45) is 0 Å². The highest BCUT2D eigenvalue weighted by Gasteiger charge is 2.29. The lowest BCUT2D eigenvalue weighted by atomic mass is 10.0. The topological polar surface area (TPSA) is 66.5 Å². The number of hydrogen-bond acceptors (Lipinski definition) is 3. The van der Waals surface area contributed by atoms with Gasteiger partial charge in [-0.1, -0.05) is 41.0 Å². The van der Waals surface area contributed by atoms with E-state index < -0.39 is 10.0 Å². The van der Waals surface area contributed by atoms with Crippen molar-refractivity contribution in [2.75, 3.05) is 16.2 Å². The van der Waals surface area contributed by atoms with Crippen LogP contribution >= 0.6 is 0 Å². The lowest BCUT2D eigenvalue weighted by Gasteiger charge is -2.31. The van der Waals surface area contributed by atoms with Crippen LogP contribution in [0.1, 0.15) is 39.0 Å². The Hall–Kier alpha value is -3.12. The summed E-state index contributed by atoms with van der Waals surface area (Å²) in [5.74, 6) is -0.212. The van der Waals surface area contributed by atoms with Gasteiger partial charge in [0.15, 0.2) is 0 Å². The van der Waals surface area contributed by atoms with Crippen LogP contribution in [0.3, 0.4) is 0 Å². The van der Waals surface area contributed by atoms with E-state index in [1.54, 1.807) is 30.3 Å². The van der Waals surface area contributed by atoms with Gasteiger partial charge < -0.3 is 5.32 Å². The van der Waals surface area contributed by atoms with Crippen molar-refractivity contribution in [1.82, 2.24) is 0 Å². The van der Waals surface area contributed by atoms with Gasteiger partial charge in [-0.05, 0) is 75.6 Å². The van der Waals surface area contributed by atoms with Crippen LogP contribution in [0.5, 0.6) is 0 Å². The van der Waals surface area contributed by atoms with Gasteiger partial charge in [0.25, 0.3) is 15.9 Å². The molecule has 0 unspecified atom stereocenters. The molecule has 0 saturated carbocycles. The SMILES string of the molecule is Cc1ccc(S(=O)(=O)N2CCCc3ccc(NC(=O)c4cc(C)cc(C)c4)cc32)cc1. The fourth-order valence-electron chi connectivity index (χ4n) is 4.01. The molecule has 160 valence electrons. The molecule has 3 aromatic rings. The second-order valence-electron chi connectivity index (χ2n) is 8.17. The largest absolute Gasteiger partial charge is 0.322 e. The van der Waals surface area contributed by atoms with Gasteiger partial charge in [-0.2, -0.15) is 0 Å². The monoisotopic (exact) mass is 434 g/mol. The number of benzene rings is 3. The minimum absolute atomic E-state index is 0.212. The van der Waals surface area contributed by atoms with Crippen molar-refractivity contribution < 1.29 is 13.2 Å². The Morgan fingerprint density at radius 1 is 0.871 bits per heavy atom. The molecule has 1 N–H and O–H groups in total. The summed E-state index contributed by atoms with van der Waals surface area (Å²) in [6.07, 6.45) is 1.56. The molecule has 0 spiro atoms. The molecule has 3 aromatic carbocycles. The van der Waals surface area contributed by atoms with E-state index in [-0.39, 0.29) is 10.8 Å². The summed E-state index contributed by atoms with van der Waals surface area (Å²) in [7, 11) is -3.68. The van der Waals surface area contributed by atoms with Crippen molar-refractivity contribution in [3.05, 3.63) is 88.5 Å². The second-order valence-corrected chi connectivity index (χ2v) is 10.0.